The number of aliphatic imine (C=N–C) groups is 1. The third-order valence-electron chi connectivity index (χ3n) is 3.25. The summed E-state index contributed by atoms with van der Waals surface area (Å²) < 4.78 is 6.05. The minimum Gasteiger partial charge on any atom is -0.504 e. The number of carbonyl (C=O) groups excluding carboxylic acids is 1. The number of para-hydroxylation sites is 1. The molecule has 0 aliphatic carbocycles. The molecule has 0 heterocycles. The summed E-state index contributed by atoms with van der Waals surface area (Å²) in [5, 5.41) is 13.3. The molecule has 2 N–H and O–H groups in total. The largest absolute Gasteiger partial charge is 0.504 e. The Labute approximate surface area is 155 Å². The number of hydrogen-bond acceptors (Lipinski definition) is 4. The molecule has 0 spiro atoms. The van der Waals surface area contributed by atoms with Gasteiger partial charge in [-0.25, -0.2) is 4.99 Å². The van der Waals surface area contributed by atoms with Crippen LogP contribution in [0.4, 0.5) is 5.69 Å². The average Bonchev–Trinajstić information content (AvgIpc) is 2.53. The third kappa shape index (κ3) is 5.06. The number of ether oxygens (including phenoxy) is 1. The van der Waals surface area contributed by atoms with Crippen LogP contribution in [0.5, 0.6) is 11.5 Å². The molecule has 25 heavy (non-hydrogen) atoms. The van der Waals surface area contributed by atoms with Gasteiger partial charge in [-0.1, -0.05) is 22.0 Å². The second kappa shape index (κ2) is 7.70. The van der Waals surface area contributed by atoms with Crippen LogP contribution in [0.15, 0.2) is 51.9 Å². The van der Waals surface area contributed by atoms with E-state index in [-0.39, 0.29) is 23.1 Å². The van der Waals surface area contributed by atoms with Crippen molar-refractivity contribution in [1.82, 2.24) is 5.32 Å². The van der Waals surface area contributed by atoms with Crippen LogP contribution in [-0.2, 0) is 4.79 Å². The normalized spacial score (nSPS) is 12.0. The van der Waals surface area contributed by atoms with Gasteiger partial charge in [0.05, 0.1) is 18.4 Å². The molecule has 5 nitrogen and oxygen atoms in total. The third-order valence-corrected chi connectivity index (χ3v) is 3.77. The number of phenolic OH excluding ortho intramolecular Hbond substituents is 1. The van der Waals surface area contributed by atoms with Gasteiger partial charge < -0.3 is 15.2 Å². The summed E-state index contributed by atoms with van der Waals surface area (Å²) in [5.74, 6) is -0.214. The van der Waals surface area contributed by atoms with Gasteiger partial charge in [0.1, 0.15) is 5.71 Å². The minimum atomic E-state index is -0.438. The van der Waals surface area contributed by atoms with Crippen LogP contribution in [0.25, 0.3) is 0 Å². The first-order valence-electron chi connectivity index (χ1n) is 7.74. The molecular formula is C19H21BrN2O3. The highest BCUT2D eigenvalue weighted by atomic mass is 79.9. The summed E-state index contributed by atoms with van der Waals surface area (Å²) in [4.78, 5) is 17.2. The van der Waals surface area contributed by atoms with Gasteiger partial charge in [-0.2, -0.15) is 0 Å². The quantitative estimate of drug-likeness (QED) is 0.750. The van der Waals surface area contributed by atoms with E-state index in [1.54, 1.807) is 30.3 Å². The molecule has 2 aromatic carbocycles. The van der Waals surface area contributed by atoms with E-state index in [4.69, 9.17) is 4.74 Å². The van der Waals surface area contributed by atoms with E-state index in [0.717, 1.165) is 4.47 Å². The van der Waals surface area contributed by atoms with Crippen molar-refractivity contribution >= 4 is 33.2 Å². The van der Waals surface area contributed by atoms with E-state index in [1.165, 1.54) is 7.11 Å². The lowest BCUT2D eigenvalue weighted by Crippen LogP contribution is -2.44. The van der Waals surface area contributed by atoms with Crippen LogP contribution in [0.3, 0.4) is 0 Å². The molecule has 132 valence electrons. The number of rotatable bonds is 4. The van der Waals surface area contributed by atoms with Crippen molar-refractivity contribution in [3.63, 3.8) is 0 Å². The molecule has 0 bridgehead atoms. The highest BCUT2D eigenvalue weighted by molar-refractivity contribution is 9.10. The van der Waals surface area contributed by atoms with Crippen LogP contribution in [0, 0.1) is 0 Å². The fourth-order valence-electron chi connectivity index (χ4n) is 2.16. The summed E-state index contributed by atoms with van der Waals surface area (Å²) in [6.07, 6.45) is 0. The molecule has 0 fully saturated rings. The van der Waals surface area contributed by atoms with E-state index >= 15 is 0 Å². The second-order valence-electron chi connectivity index (χ2n) is 6.50. The number of benzene rings is 2. The van der Waals surface area contributed by atoms with Crippen LogP contribution in [0.2, 0.25) is 0 Å². The van der Waals surface area contributed by atoms with Crippen molar-refractivity contribution in [3.05, 3.63) is 52.5 Å². The molecule has 0 aromatic heterocycles. The predicted molar refractivity (Wildman–Crippen MR) is 103 cm³/mol. The van der Waals surface area contributed by atoms with Crippen molar-refractivity contribution < 1.29 is 14.6 Å². The van der Waals surface area contributed by atoms with Gasteiger partial charge in [-0.15, -0.1) is 0 Å². The number of hydrogen-bond donors (Lipinski definition) is 2. The number of halogens is 1. The zero-order valence-corrected chi connectivity index (χ0v) is 16.2. The van der Waals surface area contributed by atoms with Gasteiger partial charge in [-0.3, -0.25) is 4.79 Å². The number of phenols is 1. The summed E-state index contributed by atoms with van der Waals surface area (Å²) in [7, 11) is 1.46. The first kappa shape index (κ1) is 19.0. The summed E-state index contributed by atoms with van der Waals surface area (Å²) in [5.41, 5.74) is 0.591. The number of aromatic hydroxyl groups is 1. The van der Waals surface area contributed by atoms with E-state index in [9.17, 15) is 9.90 Å². The van der Waals surface area contributed by atoms with Gasteiger partial charge in [0, 0.05) is 10.0 Å². The summed E-state index contributed by atoms with van der Waals surface area (Å²) in [6.45, 7) is 5.65. The molecule has 0 atom stereocenters. The Morgan fingerprint density at radius 2 is 1.80 bits per heavy atom. The van der Waals surface area contributed by atoms with Gasteiger partial charge >= 0.3 is 0 Å². The molecule has 0 aliphatic heterocycles. The van der Waals surface area contributed by atoms with Gasteiger partial charge in [-0.05, 0) is 57.2 Å². The Balaban J connectivity index is 2.56. The molecule has 0 unspecified atom stereocenters. The van der Waals surface area contributed by atoms with Crippen LogP contribution in [0.1, 0.15) is 26.3 Å². The Morgan fingerprint density at radius 1 is 1.16 bits per heavy atom. The molecule has 0 saturated carbocycles. The van der Waals surface area contributed by atoms with Gasteiger partial charge in [0.2, 0.25) is 0 Å². The maximum atomic E-state index is 12.8. The maximum Gasteiger partial charge on any atom is 0.271 e. The van der Waals surface area contributed by atoms with Gasteiger partial charge in [0.15, 0.2) is 11.5 Å². The topological polar surface area (TPSA) is 70.9 Å². The number of amides is 1. The predicted octanol–water partition coefficient (Wildman–Crippen LogP) is 4.20. The van der Waals surface area contributed by atoms with E-state index in [2.05, 4.69) is 26.2 Å². The number of nitrogens with zero attached hydrogens (tertiary/aromatic N) is 1. The number of nitrogens with one attached hydrogen (secondary N) is 1. The molecular weight excluding hydrogens is 384 g/mol. The Hall–Kier alpha value is -2.34. The van der Waals surface area contributed by atoms with Crippen LogP contribution in [-0.4, -0.2) is 29.4 Å². The van der Waals surface area contributed by atoms with Crippen LogP contribution < -0.4 is 10.1 Å². The zero-order chi connectivity index (χ0) is 18.6. The summed E-state index contributed by atoms with van der Waals surface area (Å²) in [6, 6.07) is 12.2. The molecule has 0 aliphatic rings. The lowest BCUT2D eigenvalue weighted by Gasteiger charge is -2.21. The minimum absolute atomic E-state index is 0.119. The number of carbonyl (C=O) groups is 1. The van der Waals surface area contributed by atoms with Crippen molar-refractivity contribution in [2.75, 3.05) is 7.11 Å². The van der Waals surface area contributed by atoms with E-state index < -0.39 is 5.54 Å². The first-order chi connectivity index (χ1) is 11.7. The SMILES string of the molecule is COc1cccc(C(=Nc2ccc(Br)cc2)C(=O)NC(C)(C)C)c1O. The van der Waals surface area contributed by atoms with Crippen molar-refractivity contribution in [3.8, 4) is 11.5 Å². The molecule has 0 saturated heterocycles. The molecule has 1 amide bonds. The van der Waals surface area contributed by atoms with Crippen molar-refractivity contribution in [1.29, 1.82) is 0 Å². The van der Waals surface area contributed by atoms with Crippen molar-refractivity contribution in [2.45, 2.75) is 26.3 Å². The molecule has 2 aromatic rings. The molecule has 2 rings (SSSR count). The van der Waals surface area contributed by atoms with Crippen LogP contribution >= 0.6 is 15.9 Å². The Morgan fingerprint density at radius 3 is 2.36 bits per heavy atom. The summed E-state index contributed by atoms with van der Waals surface area (Å²) >= 11 is 3.37. The Kier molecular flexibility index (Phi) is 5.85. The monoisotopic (exact) mass is 404 g/mol. The lowest BCUT2D eigenvalue weighted by molar-refractivity contribution is -0.116. The smallest absolute Gasteiger partial charge is 0.271 e. The average molecular weight is 405 g/mol. The lowest BCUT2D eigenvalue weighted by atomic mass is 10.0. The second-order valence-corrected chi connectivity index (χ2v) is 7.41. The fraction of sp³-hybridized carbons (Fsp3) is 0.263. The highest BCUT2D eigenvalue weighted by Gasteiger charge is 2.23. The molecule has 6 heteroatoms. The highest BCUT2D eigenvalue weighted by Crippen LogP contribution is 2.31. The number of methoxy groups -OCH3 is 1. The van der Waals surface area contributed by atoms with Gasteiger partial charge in [0.25, 0.3) is 5.91 Å². The fourth-order valence-corrected chi connectivity index (χ4v) is 2.42. The Bertz CT molecular complexity index is 793. The van der Waals surface area contributed by atoms with E-state index in [1.807, 2.05) is 32.9 Å². The standard InChI is InChI=1S/C19H21BrN2O3/c1-19(2,3)22-18(24)16(21-13-10-8-12(20)9-11-13)14-6-5-7-15(25-4)17(14)23/h5-11,23H,1-4H3,(H,22,24). The maximum absolute atomic E-state index is 12.8. The van der Waals surface area contributed by atoms with Crippen molar-refractivity contribution in [2.24, 2.45) is 4.99 Å². The zero-order valence-electron chi connectivity index (χ0n) is 14.6. The van der Waals surface area contributed by atoms with E-state index in [0.29, 0.717) is 11.3 Å². The molecule has 0 radical (unpaired) electrons. The first-order valence-corrected chi connectivity index (χ1v) is 8.53.